The minimum absolute atomic E-state index is 0.00943. The second kappa shape index (κ2) is 4.21. The molecule has 3 rings (SSSR count). The predicted molar refractivity (Wildman–Crippen MR) is 74.2 cm³/mol. The zero-order valence-electron chi connectivity index (χ0n) is 10.5. The van der Waals surface area contributed by atoms with E-state index in [2.05, 4.69) is 0 Å². The molecule has 0 saturated carbocycles. The highest BCUT2D eigenvalue weighted by atomic mass is 35.5. The Morgan fingerprint density at radius 1 is 1.32 bits per heavy atom. The molecule has 2 heterocycles. The van der Waals surface area contributed by atoms with Crippen LogP contribution >= 0.6 is 11.6 Å². The summed E-state index contributed by atoms with van der Waals surface area (Å²) in [5, 5.41) is 0.592. The van der Waals surface area contributed by atoms with Gasteiger partial charge in [-0.15, -0.1) is 0 Å². The van der Waals surface area contributed by atoms with Crippen LogP contribution in [0, 0.1) is 12.8 Å². The number of amides is 1. The Morgan fingerprint density at radius 2 is 2.05 bits per heavy atom. The summed E-state index contributed by atoms with van der Waals surface area (Å²) in [5.41, 5.74) is 1.64. The molecule has 2 fully saturated rings. The number of rotatable bonds is 1. The lowest BCUT2D eigenvalue weighted by Gasteiger charge is -2.23. The second-order valence-corrected chi connectivity index (χ2v) is 7.87. The molecule has 2 aliphatic rings. The van der Waals surface area contributed by atoms with E-state index >= 15 is 0 Å². The average molecular weight is 300 g/mol. The number of aryl methyl sites for hydroxylation is 1. The van der Waals surface area contributed by atoms with Crippen LogP contribution in [-0.2, 0) is 14.6 Å². The van der Waals surface area contributed by atoms with Gasteiger partial charge in [-0.1, -0.05) is 17.7 Å². The Balaban J connectivity index is 1.99. The molecule has 6 heteroatoms. The van der Waals surface area contributed by atoms with Gasteiger partial charge in [-0.2, -0.15) is 0 Å². The fourth-order valence-electron chi connectivity index (χ4n) is 2.96. The van der Waals surface area contributed by atoms with E-state index in [-0.39, 0.29) is 29.4 Å². The molecule has 1 amide bonds. The summed E-state index contributed by atoms with van der Waals surface area (Å²) in [7, 11) is -3.02. The molecule has 1 aromatic rings. The van der Waals surface area contributed by atoms with Gasteiger partial charge >= 0.3 is 0 Å². The van der Waals surface area contributed by atoms with Crippen molar-refractivity contribution in [2.75, 3.05) is 16.4 Å². The summed E-state index contributed by atoms with van der Waals surface area (Å²) in [6.45, 7) is 1.89. The standard InChI is InChI=1S/C13H14ClNO3S/c1-8-2-3-10(5-11(8)14)15-12-7-19(17,18)6-9(12)4-13(15)16/h2-3,5,9,12H,4,6-7H2,1H3/t9-,12+/m0/s1. The Morgan fingerprint density at radius 3 is 2.74 bits per heavy atom. The highest BCUT2D eigenvalue weighted by molar-refractivity contribution is 7.91. The molecule has 0 aliphatic carbocycles. The van der Waals surface area contributed by atoms with Crippen LogP contribution < -0.4 is 4.90 Å². The van der Waals surface area contributed by atoms with Gasteiger partial charge in [0.25, 0.3) is 0 Å². The van der Waals surface area contributed by atoms with Crippen LogP contribution in [0.3, 0.4) is 0 Å². The normalized spacial score (nSPS) is 28.7. The number of nitrogens with zero attached hydrogens (tertiary/aromatic N) is 1. The van der Waals surface area contributed by atoms with E-state index in [0.29, 0.717) is 17.1 Å². The smallest absolute Gasteiger partial charge is 0.227 e. The van der Waals surface area contributed by atoms with E-state index in [9.17, 15) is 13.2 Å². The maximum atomic E-state index is 12.1. The van der Waals surface area contributed by atoms with Crippen LogP contribution in [0.4, 0.5) is 5.69 Å². The lowest BCUT2D eigenvalue weighted by Crippen LogP contribution is -2.36. The van der Waals surface area contributed by atoms with Crippen molar-refractivity contribution >= 4 is 33.0 Å². The van der Waals surface area contributed by atoms with Gasteiger partial charge in [0.05, 0.1) is 17.5 Å². The van der Waals surface area contributed by atoms with Gasteiger partial charge in [0.15, 0.2) is 9.84 Å². The zero-order valence-corrected chi connectivity index (χ0v) is 12.0. The number of sulfone groups is 1. The van der Waals surface area contributed by atoms with E-state index in [0.717, 1.165) is 5.56 Å². The van der Waals surface area contributed by atoms with Crippen LogP contribution in [-0.4, -0.2) is 31.9 Å². The van der Waals surface area contributed by atoms with Gasteiger partial charge in [-0.3, -0.25) is 4.79 Å². The molecule has 0 N–H and O–H groups in total. The highest BCUT2D eigenvalue weighted by Crippen LogP contribution is 2.38. The van der Waals surface area contributed by atoms with Crippen LogP contribution in [0.5, 0.6) is 0 Å². The fourth-order valence-corrected chi connectivity index (χ4v) is 5.20. The van der Waals surface area contributed by atoms with Crippen LogP contribution in [0.1, 0.15) is 12.0 Å². The van der Waals surface area contributed by atoms with E-state index < -0.39 is 9.84 Å². The number of benzene rings is 1. The maximum Gasteiger partial charge on any atom is 0.227 e. The molecule has 2 atom stereocenters. The number of fused-ring (bicyclic) bond motifs is 1. The number of hydrogen-bond acceptors (Lipinski definition) is 3. The SMILES string of the molecule is Cc1ccc(N2C(=O)C[C@H]3CS(=O)(=O)C[C@H]32)cc1Cl. The Kier molecular flexibility index (Phi) is 2.87. The number of halogens is 1. The van der Waals surface area contributed by atoms with Crippen molar-refractivity contribution in [3.05, 3.63) is 28.8 Å². The Bertz CT molecular complexity index is 656. The topological polar surface area (TPSA) is 54.5 Å². The molecular weight excluding hydrogens is 286 g/mol. The molecular formula is C13H14ClNO3S. The van der Waals surface area contributed by atoms with Crippen LogP contribution in [0.2, 0.25) is 5.02 Å². The molecule has 0 bridgehead atoms. The number of anilines is 1. The van der Waals surface area contributed by atoms with Gasteiger partial charge in [-0.25, -0.2) is 8.42 Å². The summed E-state index contributed by atoms with van der Waals surface area (Å²) in [6.07, 6.45) is 0.315. The minimum atomic E-state index is -3.02. The number of carbonyl (C=O) groups is 1. The van der Waals surface area contributed by atoms with Crippen molar-refractivity contribution in [3.63, 3.8) is 0 Å². The van der Waals surface area contributed by atoms with Gasteiger partial charge in [0, 0.05) is 23.0 Å². The predicted octanol–water partition coefficient (Wildman–Crippen LogP) is 1.80. The number of carbonyl (C=O) groups excluding carboxylic acids is 1. The van der Waals surface area contributed by atoms with E-state index in [4.69, 9.17) is 11.6 Å². The van der Waals surface area contributed by atoms with Crippen molar-refractivity contribution in [2.45, 2.75) is 19.4 Å². The van der Waals surface area contributed by atoms with Crippen LogP contribution in [0.15, 0.2) is 18.2 Å². The summed E-state index contributed by atoms with van der Waals surface area (Å²) in [5.74, 6) is 0.108. The fraction of sp³-hybridized carbons (Fsp3) is 0.462. The third-order valence-electron chi connectivity index (χ3n) is 3.91. The van der Waals surface area contributed by atoms with Crippen molar-refractivity contribution in [3.8, 4) is 0 Å². The third-order valence-corrected chi connectivity index (χ3v) is 6.10. The molecule has 102 valence electrons. The highest BCUT2D eigenvalue weighted by Gasteiger charge is 2.49. The average Bonchev–Trinajstić information content (AvgIpc) is 2.73. The molecule has 19 heavy (non-hydrogen) atoms. The first kappa shape index (κ1) is 12.9. The Hall–Kier alpha value is -1.07. The second-order valence-electron chi connectivity index (χ2n) is 5.31. The van der Waals surface area contributed by atoms with Gasteiger partial charge in [0.2, 0.25) is 5.91 Å². The molecule has 0 radical (unpaired) electrons. The van der Waals surface area contributed by atoms with Crippen molar-refractivity contribution in [1.29, 1.82) is 0 Å². The lowest BCUT2D eigenvalue weighted by molar-refractivity contribution is -0.117. The van der Waals surface area contributed by atoms with Crippen molar-refractivity contribution in [2.24, 2.45) is 5.92 Å². The third kappa shape index (κ3) is 2.15. The van der Waals surface area contributed by atoms with Crippen molar-refractivity contribution < 1.29 is 13.2 Å². The minimum Gasteiger partial charge on any atom is -0.308 e. The molecule has 0 unspecified atom stereocenters. The molecule has 2 aliphatic heterocycles. The first-order valence-corrected chi connectivity index (χ1v) is 8.36. The van der Waals surface area contributed by atoms with E-state index in [1.807, 2.05) is 19.1 Å². The molecule has 1 aromatic carbocycles. The molecule has 4 nitrogen and oxygen atoms in total. The monoisotopic (exact) mass is 299 g/mol. The summed E-state index contributed by atoms with van der Waals surface area (Å²) in [6, 6.07) is 5.19. The van der Waals surface area contributed by atoms with E-state index in [1.54, 1.807) is 11.0 Å². The largest absolute Gasteiger partial charge is 0.308 e. The quantitative estimate of drug-likeness (QED) is 0.794. The van der Waals surface area contributed by atoms with Crippen molar-refractivity contribution in [1.82, 2.24) is 0 Å². The summed E-state index contributed by atoms with van der Waals surface area (Å²) in [4.78, 5) is 13.7. The Labute approximate surface area is 117 Å². The van der Waals surface area contributed by atoms with Gasteiger partial charge in [-0.05, 0) is 24.6 Å². The number of hydrogen-bond donors (Lipinski definition) is 0. The lowest BCUT2D eigenvalue weighted by atomic mass is 10.0. The van der Waals surface area contributed by atoms with Gasteiger partial charge < -0.3 is 4.90 Å². The first-order valence-electron chi connectivity index (χ1n) is 6.16. The van der Waals surface area contributed by atoms with Crippen LogP contribution in [0.25, 0.3) is 0 Å². The molecule has 0 aromatic heterocycles. The van der Waals surface area contributed by atoms with E-state index in [1.165, 1.54) is 0 Å². The van der Waals surface area contributed by atoms with Gasteiger partial charge in [0.1, 0.15) is 0 Å². The maximum absolute atomic E-state index is 12.1. The summed E-state index contributed by atoms with van der Waals surface area (Å²) >= 11 is 6.08. The summed E-state index contributed by atoms with van der Waals surface area (Å²) < 4.78 is 23.4. The molecule has 0 spiro atoms. The molecule has 2 saturated heterocycles. The zero-order chi connectivity index (χ0) is 13.8. The first-order chi connectivity index (χ1) is 8.87.